The maximum Gasteiger partial charge on any atom is 0.416 e. The first-order valence-corrected chi connectivity index (χ1v) is 39.0. The summed E-state index contributed by atoms with van der Waals surface area (Å²) in [6.45, 7) is 2.58. The lowest BCUT2D eigenvalue weighted by Gasteiger charge is -2.26. The topological polar surface area (TPSA) is 553 Å². The fraction of sp³-hybridized carbons (Fsp3) is 0.376. The van der Waals surface area contributed by atoms with E-state index in [9.17, 15) is 76.9 Å². The number of carbonyl (C=O) groups excluding carboxylic acids is 8. The Morgan fingerprint density at radius 2 is 0.866 bits per heavy atom. The summed E-state index contributed by atoms with van der Waals surface area (Å²) in [4.78, 5) is 133. The maximum atomic E-state index is 13.4. The lowest BCUT2D eigenvalue weighted by atomic mass is 9.94. The van der Waals surface area contributed by atoms with Gasteiger partial charge in [0.2, 0.25) is 35.6 Å². The molecule has 1 unspecified atom stereocenters. The molecular weight excluding hydrogens is 1540 g/mol. The second-order valence-electron chi connectivity index (χ2n) is 28.6. The van der Waals surface area contributed by atoms with Crippen LogP contribution >= 0.6 is 0 Å². The third-order valence-corrected chi connectivity index (χ3v) is 19.6. The van der Waals surface area contributed by atoms with Gasteiger partial charge in [-0.1, -0.05) is 103 Å². The molecule has 3 aromatic heterocycles. The summed E-state index contributed by atoms with van der Waals surface area (Å²) in [7, 11) is 0. The highest BCUT2D eigenvalue weighted by Gasteiger charge is 2.36. The van der Waals surface area contributed by atoms with Crippen LogP contribution < -0.4 is 67.6 Å². The first-order valence-electron chi connectivity index (χ1n) is 39.0. The van der Waals surface area contributed by atoms with Gasteiger partial charge in [-0.2, -0.15) is 13.2 Å². The number of phenols is 2. The molecule has 8 atom stereocenters. The number of carbonyl (C=O) groups is 8. The van der Waals surface area contributed by atoms with Crippen LogP contribution in [-0.2, 0) is 76.6 Å². The summed E-state index contributed by atoms with van der Waals surface area (Å²) < 4.78 is 40.0. The standard InChI is InChI=1S/C29H38N6O5.C28H33F3N6O4.C28H36N6O4/c30-12-9-22(10-13-31)35(40)14-11-23(32)29(39)34-25(7-5-19-6-8-26(36)28(38)16-19)27(37)17-20-15-21-3-1-2-4-24(21)33-18-20;29-28(30,31)20-7-5-18(6-8-20)26(40)25(23(38)14-17-13-19-3-1-2-4-22(19)35-16-17)36-27(41)21(34)15-24(39)37(11-9-32)12-10-33;29-10-12-34(13-11-30)26(37)17-22(31)28(38)33-27(24(35)15-19-6-2-1-3-7-19)25(36)16-20-14-21-8-4-5-9-23(21)32-18-20/h1-4,6,8,15-16,18,22-23,25H,5,7,9-14,17,30-32H2,(H2-,34,36,38,39);1-8,13,16,21,25-26,40H,9-12,14-15,32-34H2,(H,36,41);1-9,14,18,22,24,27,35H,10-13,15-17,29-31H2,(H,33,38)/p+1/t23-,25+;21-,25+,26?;22-,24+,27-/m000/s1. The second kappa shape index (κ2) is 47.8. The summed E-state index contributed by atoms with van der Waals surface area (Å²) in [6.07, 6.45) is -1.92. The van der Waals surface area contributed by atoms with Crippen molar-refractivity contribution in [3.63, 3.8) is 0 Å². The number of aryl methyl sites for hydroxylation is 1. The van der Waals surface area contributed by atoms with E-state index in [0.717, 1.165) is 61.8 Å². The van der Waals surface area contributed by atoms with Gasteiger partial charge in [-0.05, 0) is 120 Å². The van der Waals surface area contributed by atoms with Gasteiger partial charge in [0.05, 0.1) is 65.2 Å². The zero-order valence-corrected chi connectivity index (χ0v) is 66.0. The molecule has 0 fully saturated rings. The van der Waals surface area contributed by atoms with E-state index in [-0.39, 0.29) is 126 Å². The molecule has 9 aromatic rings. The number of aliphatic hydroxyl groups excluding tert-OH is 2. The predicted molar refractivity (Wildman–Crippen MR) is 445 cm³/mol. The van der Waals surface area contributed by atoms with Crippen molar-refractivity contribution in [3.8, 4) is 11.5 Å². The van der Waals surface area contributed by atoms with E-state index in [1.165, 1.54) is 28.1 Å². The number of nitroso groups, excluding NO2 is 1. The van der Waals surface area contributed by atoms with Gasteiger partial charge >= 0.3 is 6.18 Å². The van der Waals surface area contributed by atoms with Crippen molar-refractivity contribution in [3.05, 3.63) is 226 Å². The van der Waals surface area contributed by atoms with Crippen molar-refractivity contribution >= 4 is 79.6 Å². The number of nitrogens with two attached hydrogens (primary N) is 9. The SMILES string of the molecule is NCCC(CCN)[N+](=O)CC[C@H](N)C(=O)N[C@H](CCc1ccc(O)c(O)c1)C(=O)Cc1cnc2ccccc2c1.NCCN(CCN)C(=O)C[C@H](N)C(=O)N[C@H](C(=O)Cc1cnc2ccccc2c1)C(O)c1ccc(C(F)(F)F)cc1.NCCN(CCN)C(=O)C[C@H](N)C(=O)N[C@H](C(=O)Cc1cnc2ccccc2c1)[C@H](O)Cc1ccccc1. The molecule has 0 aliphatic heterocycles. The van der Waals surface area contributed by atoms with Crippen molar-refractivity contribution in [1.29, 1.82) is 0 Å². The average molecular weight is 1650 g/mol. The molecule has 34 heteroatoms. The zero-order chi connectivity index (χ0) is 86.7. The van der Waals surface area contributed by atoms with E-state index in [2.05, 4.69) is 30.9 Å². The number of ketones is 3. The van der Waals surface area contributed by atoms with Crippen LogP contribution in [0, 0.1) is 4.91 Å². The van der Waals surface area contributed by atoms with Gasteiger partial charge in [0.15, 0.2) is 35.4 Å². The minimum atomic E-state index is -4.60. The molecule has 119 heavy (non-hydrogen) atoms. The number of Topliss-reactive ketones (excluding diaryl/α,β-unsaturated/α-hetero) is 3. The number of aromatic nitrogens is 3. The van der Waals surface area contributed by atoms with Crippen molar-refractivity contribution in [2.45, 2.75) is 131 Å². The van der Waals surface area contributed by atoms with Crippen LogP contribution in [-0.4, -0.2) is 217 Å². The summed E-state index contributed by atoms with van der Waals surface area (Å²) in [5.74, 6) is -4.76. The number of rotatable bonds is 43. The van der Waals surface area contributed by atoms with E-state index >= 15 is 0 Å². The zero-order valence-electron chi connectivity index (χ0n) is 66.0. The highest BCUT2D eigenvalue weighted by Crippen LogP contribution is 2.32. The first kappa shape index (κ1) is 94.6. The highest BCUT2D eigenvalue weighted by atomic mass is 19.4. The van der Waals surface area contributed by atoms with Crippen molar-refractivity contribution in [2.75, 3.05) is 72.0 Å². The third-order valence-electron chi connectivity index (χ3n) is 19.6. The number of phenolic OH excluding ortho intramolecular Hbond substituents is 2. The fourth-order valence-electron chi connectivity index (χ4n) is 13.1. The molecule has 6 aromatic carbocycles. The summed E-state index contributed by atoms with van der Waals surface area (Å²) in [5.41, 5.74) is 56.2. The van der Waals surface area contributed by atoms with Crippen LogP contribution in [0.3, 0.4) is 0 Å². The number of fused-ring (bicyclic) bond motifs is 3. The normalized spacial score (nSPS) is 13.4. The number of amides is 5. The maximum absolute atomic E-state index is 13.4. The number of benzene rings is 6. The monoisotopic (exact) mass is 1650 g/mol. The first-order chi connectivity index (χ1) is 57.0. The number of para-hydroxylation sites is 3. The Bertz CT molecular complexity index is 4830. The average Bonchev–Trinajstić information content (AvgIpc) is 0.832. The summed E-state index contributed by atoms with van der Waals surface area (Å²) >= 11 is 0. The van der Waals surface area contributed by atoms with E-state index in [1.807, 2.05) is 97.1 Å². The van der Waals surface area contributed by atoms with E-state index in [4.69, 9.17) is 51.6 Å². The Morgan fingerprint density at radius 1 is 0.445 bits per heavy atom. The number of alkyl halides is 3. The van der Waals surface area contributed by atoms with E-state index in [0.29, 0.717) is 73.2 Å². The Kier molecular flexibility index (Phi) is 38.0. The molecule has 0 spiro atoms. The van der Waals surface area contributed by atoms with Gasteiger partial charge < -0.3 is 97.8 Å². The molecule has 0 aliphatic carbocycles. The molecule has 0 bridgehead atoms. The number of hydrogen-bond acceptors (Lipinski definition) is 25. The third kappa shape index (κ3) is 29.8. The number of halogens is 3. The van der Waals surface area contributed by atoms with E-state index < -0.39 is 102 Å². The molecular formula is C85H108F3N18O13+. The largest absolute Gasteiger partial charge is 0.504 e. The van der Waals surface area contributed by atoms with Gasteiger partial charge in [-0.3, -0.25) is 53.3 Å². The molecule has 31 nitrogen and oxygen atoms in total. The minimum Gasteiger partial charge on any atom is -0.504 e. The Morgan fingerprint density at radius 3 is 1.30 bits per heavy atom. The molecule has 0 aliphatic rings. The number of pyridine rings is 3. The number of nitrogens with zero attached hydrogens (tertiary/aromatic N) is 6. The second-order valence-corrected chi connectivity index (χ2v) is 28.6. The predicted octanol–water partition coefficient (Wildman–Crippen LogP) is 2.38. The fourth-order valence-corrected chi connectivity index (χ4v) is 13.1. The molecule has 5 amide bonds. The lowest BCUT2D eigenvalue weighted by molar-refractivity contribution is -0.587. The molecule has 0 saturated heterocycles. The highest BCUT2D eigenvalue weighted by molar-refractivity contribution is 5.97. The molecule has 25 N–H and O–H groups in total. The van der Waals surface area contributed by atoms with Crippen LogP contribution in [0.1, 0.15) is 83.6 Å². The number of nitrogens with one attached hydrogen (secondary N) is 3. The molecule has 0 saturated carbocycles. The Hall–Kier alpha value is -11.5. The van der Waals surface area contributed by atoms with Gasteiger partial charge in [-0.25, -0.2) is 0 Å². The van der Waals surface area contributed by atoms with Gasteiger partial charge in [0, 0.05) is 142 Å². The van der Waals surface area contributed by atoms with Crippen LogP contribution in [0.2, 0.25) is 0 Å². The lowest BCUT2D eigenvalue weighted by Crippen LogP contribution is -2.55. The molecule has 636 valence electrons. The van der Waals surface area contributed by atoms with Crippen LogP contribution in [0.25, 0.3) is 32.7 Å². The van der Waals surface area contributed by atoms with Crippen LogP contribution in [0.15, 0.2) is 182 Å². The Balaban J connectivity index is 0.000000246. The van der Waals surface area contributed by atoms with Crippen LogP contribution in [0.4, 0.5) is 13.2 Å². The smallest absolute Gasteiger partial charge is 0.416 e. The molecule has 0 radical (unpaired) electrons. The van der Waals surface area contributed by atoms with Gasteiger partial charge in [0.25, 0.3) is 0 Å². The summed E-state index contributed by atoms with van der Waals surface area (Å²) in [5, 5.41) is 51.8. The van der Waals surface area contributed by atoms with Crippen molar-refractivity contribution < 1.29 is 76.7 Å². The number of aliphatic hydroxyl groups is 2. The minimum absolute atomic E-state index is 0.0324. The van der Waals surface area contributed by atoms with Gasteiger partial charge in [0.1, 0.15) is 18.2 Å². The van der Waals surface area contributed by atoms with Gasteiger partial charge in [-0.15, -0.1) is 0 Å². The number of aromatic hydroxyl groups is 2. The van der Waals surface area contributed by atoms with Crippen molar-refractivity contribution in [1.82, 2.24) is 40.7 Å². The van der Waals surface area contributed by atoms with E-state index in [1.54, 1.807) is 42.7 Å². The van der Waals surface area contributed by atoms with Crippen LogP contribution in [0.5, 0.6) is 11.5 Å². The molecule has 3 heterocycles. The van der Waals surface area contributed by atoms with Crippen molar-refractivity contribution in [2.24, 2.45) is 51.6 Å². The number of hydrogen-bond donors (Lipinski definition) is 16. The summed E-state index contributed by atoms with van der Waals surface area (Å²) in [6, 6.07) is 37.3. The quantitative estimate of drug-likeness (QED) is 0.0193. The Labute approximate surface area is 686 Å². The molecule has 9 rings (SSSR count).